The predicted octanol–water partition coefficient (Wildman–Crippen LogP) is 5.22. The van der Waals surface area contributed by atoms with Gasteiger partial charge in [0.05, 0.1) is 12.1 Å². The van der Waals surface area contributed by atoms with Gasteiger partial charge >= 0.3 is 0 Å². The highest BCUT2D eigenvalue weighted by atomic mass is 35.5. The first-order valence-electron chi connectivity index (χ1n) is 8.54. The van der Waals surface area contributed by atoms with Crippen LogP contribution in [0.15, 0.2) is 72.8 Å². The van der Waals surface area contributed by atoms with Crippen LogP contribution in [0.5, 0.6) is 11.5 Å². The van der Waals surface area contributed by atoms with Crippen molar-refractivity contribution < 1.29 is 9.47 Å². The second-order valence-electron chi connectivity index (χ2n) is 5.97. The highest BCUT2D eigenvalue weighted by molar-refractivity contribution is 6.32. The van der Waals surface area contributed by atoms with E-state index in [0.717, 1.165) is 17.7 Å². The second kappa shape index (κ2) is 9.27. The van der Waals surface area contributed by atoms with E-state index >= 15 is 0 Å². The number of hydrogen-bond acceptors (Lipinski definition) is 3. The Balaban J connectivity index is 1.64. The lowest BCUT2D eigenvalue weighted by Crippen LogP contribution is -2.12. The summed E-state index contributed by atoms with van der Waals surface area (Å²) in [5.74, 6) is 1.22. The summed E-state index contributed by atoms with van der Waals surface area (Å²) in [5.41, 5.74) is 3.38. The lowest BCUT2D eigenvalue weighted by Gasteiger charge is -2.15. The number of halogens is 1. The molecule has 0 amide bonds. The molecule has 3 nitrogen and oxygen atoms in total. The van der Waals surface area contributed by atoms with Gasteiger partial charge in [-0.05, 0) is 28.8 Å². The number of benzene rings is 3. The van der Waals surface area contributed by atoms with Crippen molar-refractivity contribution in [2.24, 2.45) is 0 Å². The molecule has 0 heterocycles. The molecule has 0 aromatic heterocycles. The molecule has 1 N–H and O–H groups in total. The van der Waals surface area contributed by atoms with E-state index in [1.807, 2.05) is 60.7 Å². The van der Waals surface area contributed by atoms with Gasteiger partial charge in [-0.25, -0.2) is 0 Å². The van der Waals surface area contributed by atoms with E-state index in [1.165, 1.54) is 5.56 Å². The summed E-state index contributed by atoms with van der Waals surface area (Å²) in [6.45, 7) is 1.94. The highest BCUT2D eigenvalue weighted by Gasteiger charge is 2.12. The van der Waals surface area contributed by atoms with Crippen LogP contribution in [0, 0.1) is 0 Å². The van der Waals surface area contributed by atoms with E-state index in [2.05, 4.69) is 17.4 Å². The highest BCUT2D eigenvalue weighted by Crippen LogP contribution is 2.37. The van der Waals surface area contributed by atoms with Gasteiger partial charge in [0.25, 0.3) is 0 Å². The zero-order chi connectivity index (χ0) is 18.2. The van der Waals surface area contributed by atoms with Crippen molar-refractivity contribution in [1.82, 2.24) is 5.32 Å². The number of ether oxygens (including phenoxy) is 2. The number of hydrogen-bond donors (Lipinski definition) is 1. The number of nitrogens with one attached hydrogen (secondary N) is 1. The standard InChI is InChI=1S/C22H22ClNO2/c1-25-21-13-19(15-24-14-17-8-4-2-5-9-17)12-20(23)22(21)26-16-18-10-6-3-7-11-18/h2-13,24H,14-16H2,1H3. The first-order chi connectivity index (χ1) is 12.8. The molecule has 3 aromatic carbocycles. The molecule has 3 aromatic rings. The average molecular weight is 368 g/mol. The normalized spacial score (nSPS) is 10.5. The van der Waals surface area contributed by atoms with Gasteiger partial charge in [0.15, 0.2) is 11.5 Å². The van der Waals surface area contributed by atoms with Gasteiger partial charge in [-0.3, -0.25) is 0 Å². The Morgan fingerprint density at radius 1 is 0.808 bits per heavy atom. The third-order valence-corrected chi connectivity index (χ3v) is 4.30. The van der Waals surface area contributed by atoms with Crippen LogP contribution in [0.4, 0.5) is 0 Å². The van der Waals surface area contributed by atoms with Crippen molar-refractivity contribution in [2.45, 2.75) is 19.7 Å². The van der Waals surface area contributed by atoms with Crippen molar-refractivity contribution in [3.63, 3.8) is 0 Å². The summed E-state index contributed by atoms with van der Waals surface area (Å²) in [4.78, 5) is 0. The van der Waals surface area contributed by atoms with Crippen molar-refractivity contribution in [3.05, 3.63) is 94.5 Å². The molecule has 0 aliphatic heterocycles. The molecule has 0 saturated carbocycles. The fourth-order valence-corrected chi connectivity index (χ4v) is 2.98. The van der Waals surface area contributed by atoms with E-state index in [9.17, 15) is 0 Å². The van der Waals surface area contributed by atoms with Crippen molar-refractivity contribution in [1.29, 1.82) is 0 Å². The molecular formula is C22H22ClNO2. The van der Waals surface area contributed by atoms with E-state index in [4.69, 9.17) is 21.1 Å². The van der Waals surface area contributed by atoms with E-state index < -0.39 is 0 Å². The summed E-state index contributed by atoms with van der Waals surface area (Å²) in [6, 6.07) is 24.2. The maximum absolute atomic E-state index is 6.44. The fraction of sp³-hybridized carbons (Fsp3) is 0.182. The van der Waals surface area contributed by atoms with Gasteiger partial charge in [-0.1, -0.05) is 72.3 Å². The van der Waals surface area contributed by atoms with Crippen LogP contribution in [0.1, 0.15) is 16.7 Å². The van der Waals surface area contributed by atoms with Gasteiger partial charge in [-0.15, -0.1) is 0 Å². The molecule has 0 unspecified atom stereocenters. The predicted molar refractivity (Wildman–Crippen MR) is 106 cm³/mol. The number of methoxy groups -OCH3 is 1. The Labute approximate surface area is 159 Å². The van der Waals surface area contributed by atoms with Crippen molar-refractivity contribution in [2.75, 3.05) is 7.11 Å². The maximum atomic E-state index is 6.44. The zero-order valence-electron chi connectivity index (χ0n) is 14.7. The van der Waals surface area contributed by atoms with Crippen LogP contribution < -0.4 is 14.8 Å². The third-order valence-electron chi connectivity index (χ3n) is 4.02. The van der Waals surface area contributed by atoms with Crippen molar-refractivity contribution >= 4 is 11.6 Å². The SMILES string of the molecule is COc1cc(CNCc2ccccc2)cc(Cl)c1OCc1ccccc1. The lowest BCUT2D eigenvalue weighted by molar-refractivity contribution is 0.284. The van der Waals surface area contributed by atoms with Crippen LogP contribution in [-0.4, -0.2) is 7.11 Å². The van der Waals surface area contributed by atoms with Gasteiger partial charge in [-0.2, -0.15) is 0 Å². The minimum Gasteiger partial charge on any atom is -0.493 e. The molecule has 0 saturated heterocycles. The van der Waals surface area contributed by atoms with Gasteiger partial charge in [0.1, 0.15) is 6.61 Å². The quantitative estimate of drug-likeness (QED) is 0.592. The zero-order valence-corrected chi connectivity index (χ0v) is 15.5. The van der Waals surface area contributed by atoms with E-state index in [0.29, 0.717) is 29.7 Å². The first-order valence-corrected chi connectivity index (χ1v) is 8.92. The molecule has 0 bridgehead atoms. The second-order valence-corrected chi connectivity index (χ2v) is 6.38. The topological polar surface area (TPSA) is 30.5 Å². The maximum Gasteiger partial charge on any atom is 0.180 e. The van der Waals surface area contributed by atoms with Crippen LogP contribution in [0.25, 0.3) is 0 Å². The van der Waals surface area contributed by atoms with E-state index in [1.54, 1.807) is 7.11 Å². The average Bonchev–Trinajstić information content (AvgIpc) is 2.68. The van der Waals surface area contributed by atoms with Crippen LogP contribution in [-0.2, 0) is 19.7 Å². The van der Waals surface area contributed by atoms with Crippen molar-refractivity contribution in [3.8, 4) is 11.5 Å². The molecule has 0 aliphatic carbocycles. The van der Waals surface area contributed by atoms with E-state index in [-0.39, 0.29) is 0 Å². The minimum atomic E-state index is 0.447. The molecule has 0 fully saturated rings. The molecule has 134 valence electrons. The van der Waals surface area contributed by atoms with Crippen LogP contribution >= 0.6 is 11.6 Å². The summed E-state index contributed by atoms with van der Waals surface area (Å²) in [5, 5.41) is 3.97. The molecule has 3 rings (SSSR count). The summed E-state index contributed by atoms with van der Waals surface area (Å²) < 4.78 is 11.4. The Kier molecular flexibility index (Phi) is 6.53. The minimum absolute atomic E-state index is 0.447. The fourth-order valence-electron chi connectivity index (χ4n) is 2.69. The van der Waals surface area contributed by atoms with Gasteiger partial charge in [0.2, 0.25) is 0 Å². The largest absolute Gasteiger partial charge is 0.493 e. The van der Waals surface area contributed by atoms with Crippen LogP contribution in [0.2, 0.25) is 5.02 Å². The Morgan fingerprint density at radius 2 is 1.42 bits per heavy atom. The summed E-state index contributed by atoms with van der Waals surface area (Å²) >= 11 is 6.44. The Hall–Kier alpha value is -2.49. The van der Waals surface area contributed by atoms with Gasteiger partial charge in [0, 0.05) is 13.1 Å². The van der Waals surface area contributed by atoms with Crippen LogP contribution in [0.3, 0.4) is 0 Å². The molecule has 4 heteroatoms. The first kappa shape index (κ1) is 18.3. The lowest BCUT2D eigenvalue weighted by atomic mass is 10.1. The Morgan fingerprint density at radius 3 is 2.08 bits per heavy atom. The molecule has 0 spiro atoms. The molecular weight excluding hydrogens is 346 g/mol. The molecule has 0 aliphatic rings. The Bertz CT molecular complexity index is 822. The third kappa shape index (κ3) is 5.01. The molecule has 26 heavy (non-hydrogen) atoms. The smallest absolute Gasteiger partial charge is 0.180 e. The monoisotopic (exact) mass is 367 g/mol. The molecule has 0 atom stereocenters. The molecule has 0 radical (unpaired) electrons. The van der Waals surface area contributed by atoms with Gasteiger partial charge < -0.3 is 14.8 Å². The summed E-state index contributed by atoms with van der Waals surface area (Å²) in [6.07, 6.45) is 0. The summed E-state index contributed by atoms with van der Waals surface area (Å²) in [7, 11) is 1.63. The number of rotatable bonds is 8.